The first-order valence-electron chi connectivity index (χ1n) is 6.98. The van der Waals surface area contributed by atoms with Gasteiger partial charge in [-0.3, -0.25) is 0 Å². The number of hydrogen-bond donors (Lipinski definition) is 3. The maximum atomic E-state index is 12.5. The van der Waals surface area contributed by atoms with Gasteiger partial charge in [0, 0.05) is 10.2 Å². The van der Waals surface area contributed by atoms with Gasteiger partial charge in [0.15, 0.2) is 0 Å². The second-order valence-corrected chi connectivity index (χ2v) is 8.45. The summed E-state index contributed by atoms with van der Waals surface area (Å²) < 4.78 is 28.4. The SMILES string of the molecule is CC1CCC(CO)(NS(=O)(=O)c2ccc(Br)c(N)c2)CC1. The topological polar surface area (TPSA) is 92.4 Å². The average Bonchev–Trinajstić information content (AvgIpc) is 2.44. The lowest BCUT2D eigenvalue weighted by Crippen LogP contribution is -2.53. The number of anilines is 1. The van der Waals surface area contributed by atoms with Crippen LogP contribution in [0.1, 0.15) is 32.6 Å². The minimum atomic E-state index is -3.70. The molecule has 1 saturated carbocycles. The van der Waals surface area contributed by atoms with Crippen molar-refractivity contribution in [2.75, 3.05) is 12.3 Å². The van der Waals surface area contributed by atoms with Crippen molar-refractivity contribution in [1.29, 1.82) is 0 Å². The summed E-state index contributed by atoms with van der Waals surface area (Å²) in [6.07, 6.45) is 3.11. The van der Waals surface area contributed by atoms with Crippen LogP contribution in [0.15, 0.2) is 27.6 Å². The quantitative estimate of drug-likeness (QED) is 0.702. The van der Waals surface area contributed by atoms with Crippen LogP contribution in [-0.2, 0) is 10.0 Å². The molecule has 21 heavy (non-hydrogen) atoms. The highest BCUT2D eigenvalue weighted by atomic mass is 79.9. The van der Waals surface area contributed by atoms with Crippen molar-refractivity contribution in [3.8, 4) is 0 Å². The highest BCUT2D eigenvalue weighted by Crippen LogP contribution is 2.33. The molecule has 0 amide bonds. The smallest absolute Gasteiger partial charge is 0.241 e. The normalized spacial score (nSPS) is 26.7. The van der Waals surface area contributed by atoms with Crippen LogP contribution in [0.2, 0.25) is 0 Å². The minimum Gasteiger partial charge on any atom is -0.398 e. The van der Waals surface area contributed by atoms with Crippen molar-refractivity contribution >= 4 is 31.6 Å². The lowest BCUT2D eigenvalue weighted by Gasteiger charge is -2.38. The summed E-state index contributed by atoms with van der Waals surface area (Å²) in [6.45, 7) is 1.95. The highest BCUT2D eigenvalue weighted by molar-refractivity contribution is 9.10. The van der Waals surface area contributed by atoms with Crippen molar-refractivity contribution in [2.45, 2.75) is 43.0 Å². The molecule has 1 fully saturated rings. The fourth-order valence-electron chi connectivity index (χ4n) is 2.64. The van der Waals surface area contributed by atoms with Gasteiger partial charge in [-0.05, 0) is 65.7 Å². The molecule has 7 heteroatoms. The molecule has 0 radical (unpaired) electrons. The lowest BCUT2D eigenvalue weighted by molar-refractivity contribution is 0.125. The van der Waals surface area contributed by atoms with Crippen molar-refractivity contribution in [3.05, 3.63) is 22.7 Å². The van der Waals surface area contributed by atoms with E-state index in [1.165, 1.54) is 12.1 Å². The van der Waals surface area contributed by atoms with E-state index in [0.29, 0.717) is 28.9 Å². The first-order valence-corrected chi connectivity index (χ1v) is 9.25. The Morgan fingerprint density at radius 1 is 1.43 bits per heavy atom. The van der Waals surface area contributed by atoms with Crippen LogP contribution in [-0.4, -0.2) is 25.7 Å². The van der Waals surface area contributed by atoms with Gasteiger partial charge in [-0.15, -0.1) is 0 Å². The number of rotatable bonds is 4. The predicted octanol–water partition coefficient (Wildman–Crippen LogP) is 2.25. The van der Waals surface area contributed by atoms with Crippen molar-refractivity contribution in [1.82, 2.24) is 4.72 Å². The van der Waals surface area contributed by atoms with Crippen molar-refractivity contribution < 1.29 is 13.5 Å². The predicted molar refractivity (Wildman–Crippen MR) is 86.3 cm³/mol. The van der Waals surface area contributed by atoms with Crippen LogP contribution < -0.4 is 10.5 Å². The first kappa shape index (κ1) is 16.7. The van der Waals surface area contributed by atoms with E-state index in [2.05, 4.69) is 27.6 Å². The maximum absolute atomic E-state index is 12.5. The van der Waals surface area contributed by atoms with Gasteiger partial charge in [0.25, 0.3) is 0 Å². The number of halogens is 1. The zero-order chi connectivity index (χ0) is 15.7. The van der Waals surface area contributed by atoms with E-state index in [0.717, 1.165) is 12.8 Å². The summed E-state index contributed by atoms with van der Waals surface area (Å²) in [6, 6.07) is 4.53. The molecular weight excluding hydrogens is 356 g/mol. The van der Waals surface area contributed by atoms with Gasteiger partial charge in [-0.25, -0.2) is 13.1 Å². The molecule has 118 valence electrons. The first-order chi connectivity index (χ1) is 9.78. The van der Waals surface area contributed by atoms with E-state index in [4.69, 9.17) is 5.73 Å². The van der Waals surface area contributed by atoms with Gasteiger partial charge in [0.2, 0.25) is 10.0 Å². The van der Waals surface area contributed by atoms with Gasteiger partial charge in [-0.2, -0.15) is 0 Å². The summed E-state index contributed by atoms with van der Waals surface area (Å²) in [5, 5.41) is 9.68. The maximum Gasteiger partial charge on any atom is 0.241 e. The number of benzene rings is 1. The molecule has 0 aliphatic heterocycles. The standard InChI is InChI=1S/C14H21BrN2O3S/c1-10-4-6-14(9-18,7-5-10)17-21(19,20)11-2-3-12(15)13(16)8-11/h2-3,8,10,17-18H,4-7,9,16H2,1H3. The molecule has 1 aromatic carbocycles. The Balaban J connectivity index is 2.25. The summed E-state index contributed by atoms with van der Waals surface area (Å²) in [5.74, 6) is 0.567. The summed E-state index contributed by atoms with van der Waals surface area (Å²) in [7, 11) is -3.70. The number of sulfonamides is 1. The van der Waals surface area contributed by atoms with Crippen molar-refractivity contribution in [3.63, 3.8) is 0 Å². The fourth-order valence-corrected chi connectivity index (χ4v) is 4.37. The van der Waals surface area contributed by atoms with Gasteiger partial charge < -0.3 is 10.8 Å². The molecule has 5 nitrogen and oxygen atoms in total. The summed E-state index contributed by atoms with van der Waals surface area (Å²) in [4.78, 5) is 0.120. The molecule has 0 bridgehead atoms. The molecule has 0 unspecified atom stereocenters. The van der Waals surface area contributed by atoms with Gasteiger partial charge >= 0.3 is 0 Å². The van der Waals surface area contributed by atoms with Gasteiger partial charge in [0.1, 0.15) is 0 Å². The van der Waals surface area contributed by atoms with Crippen LogP contribution >= 0.6 is 15.9 Å². The molecule has 0 spiro atoms. The zero-order valence-electron chi connectivity index (χ0n) is 12.0. The Morgan fingerprint density at radius 3 is 2.57 bits per heavy atom. The Hall–Kier alpha value is -0.630. The zero-order valence-corrected chi connectivity index (χ0v) is 14.4. The third-order valence-corrected chi connectivity index (χ3v) is 6.46. The fraction of sp³-hybridized carbons (Fsp3) is 0.571. The molecule has 1 aliphatic rings. The Labute approximate surface area is 134 Å². The van der Waals surface area contributed by atoms with Gasteiger partial charge in [0.05, 0.1) is 17.0 Å². The summed E-state index contributed by atoms with van der Waals surface area (Å²) >= 11 is 3.25. The molecule has 0 aromatic heterocycles. The molecule has 1 aromatic rings. The third kappa shape index (κ3) is 3.77. The second kappa shape index (κ2) is 6.24. The minimum absolute atomic E-state index is 0.120. The number of nitrogens with one attached hydrogen (secondary N) is 1. The van der Waals surface area contributed by atoms with E-state index >= 15 is 0 Å². The molecule has 2 rings (SSSR count). The van der Waals surface area contributed by atoms with Gasteiger partial charge in [-0.1, -0.05) is 6.92 Å². The van der Waals surface area contributed by atoms with E-state index in [1.807, 2.05) is 0 Å². The highest BCUT2D eigenvalue weighted by Gasteiger charge is 2.37. The van der Waals surface area contributed by atoms with E-state index in [-0.39, 0.29) is 11.5 Å². The number of nitrogen functional groups attached to an aromatic ring is 1. The number of nitrogens with two attached hydrogens (primary N) is 1. The van der Waals surface area contributed by atoms with Crippen molar-refractivity contribution in [2.24, 2.45) is 5.92 Å². The molecule has 0 heterocycles. The van der Waals surface area contributed by atoms with Crippen LogP contribution in [0.25, 0.3) is 0 Å². The molecule has 0 atom stereocenters. The van der Waals surface area contributed by atoms with Crippen LogP contribution in [0.5, 0.6) is 0 Å². The molecule has 4 N–H and O–H groups in total. The number of hydrogen-bond acceptors (Lipinski definition) is 4. The third-order valence-electron chi connectivity index (χ3n) is 4.16. The Morgan fingerprint density at radius 2 is 2.05 bits per heavy atom. The molecule has 0 saturated heterocycles. The Bertz CT molecular complexity index is 611. The second-order valence-electron chi connectivity index (χ2n) is 5.91. The average molecular weight is 377 g/mol. The van der Waals surface area contributed by atoms with E-state index < -0.39 is 15.6 Å². The molecule has 1 aliphatic carbocycles. The largest absolute Gasteiger partial charge is 0.398 e. The van der Waals surface area contributed by atoms with Crippen LogP contribution in [0, 0.1) is 5.92 Å². The molecular formula is C14H21BrN2O3S. The Kier molecular flexibility index (Phi) is 4.97. The number of aliphatic hydroxyl groups is 1. The van der Waals surface area contributed by atoms with E-state index in [9.17, 15) is 13.5 Å². The summed E-state index contributed by atoms with van der Waals surface area (Å²) in [5.41, 5.74) is 5.36. The van der Waals surface area contributed by atoms with Crippen LogP contribution in [0.3, 0.4) is 0 Å². The van der Waals surface area contributed by atoms with Crippen LogP contribution in [0.4, 0.5) is 5.69 Å². The monoisotopic (exact) mass is 376 g/mol. The number of aliphatic hydroxyl groups excluding tert-OH is 1. The lowest BCUT2D eigenvalue weighted by atomic mass is 9.78. The van der Waals surface area contributed by atoms with E-state index in [1.54, 1.807) is 6.07 Å².